The summed E-state index contributed by atoms with van der Waals surface area (Å²) >= 11 is 0. The first-order valence-electron chi connectivity index (χ1n) is 6.17. The number of carbonyl (C=O) groups excluding carboxylic acids is 2. The summed E-state index contributed by atoms with van der Waals surface area (Å²) in [5.41, 5.74) is -0.198. The number of carbonyl (C=O) groups is 2. The Morgan fingerprint density at radius 3 is 2.48 bits per heavy atom. The van der Waals surface area contributed by atoms with E-state index in [4.69, 9.17) is 4.74 Å². The van der Waals surface area contributed by atoms with E-state index in [2.05, 4.69) is 14.6 Å². The Hall–Kier alpha value is -1.94. The number of rotatable bonds is 7. The van der Waals surface area contributed by atoms with Gasteiger partial charge in [0.1, 0.15) is 12.1 Å². The smallest absolute Gasteiger partial charge is 0.342 e. The number of ether oxygens (including phenoxy) is 2. The van der Waals surface area contributed by atoms with E-state index in [0.717, 1.165) is 10.9 Å². The molecule has 9 nitrogen and oxygen atoms in total. The molecule has 0 radical (unpaired) electrons. The van der Waals surface area contributed by atoms with Crippen LogP contribution in [0.25, 0.3) is 0 Å². The molecule has 1 aromatic heterocycles. The molecule has 10 heteroatoms. The van der Waals surface area contributed by atoms with E-state index in [-0.39, 0.29) is 23.8 Å². The fourth-order valence-electron chi connectivity index (χ4n) is 1.53. The molecule has 0 aliphatic carbocycles. The van der Waals surface area contributed by atoms with E-state index in [1.165, 1.54) is 7.05 Å². The van der Waals surface area contributed by atoms with Crippen molar-refractivity contribution in [3.8, 4) is 0 Å². The van der Waals surface area contributed by atoms with Crippen molar-refractivity contribution >= 4 is 22.0 Å². The fraction of sp³-hybridized carbons (Fsp3) is 0.545. The van der Waals surface area contributed by atoms with Crippen molar-refractivity contribution in [1.82, 2.24) is 14.5 Å². The number of aryl methyl sites for hydroxylation is 1. The SMILES string of the molecule is CCOC(=O)CNS(=O)(=O)c1c(C(=O)OCC)cnn1C. The predicted molar refractivity (Wildman–Crippen MR) is 71.0 cm³/mol. The van der Waals surface area contributed by atoms with Crippen LogP contribution in [-0.4, -0.2) is 49.9 Å². The largest absolute Gasteiger partial charge is 0.465 e. The van der Waals surface area contributed by atoms with Gasteiger partial charge in [-0.25, -0.2) is 13.2 Å². The van der Waals surface area contributed by atoms with Crippen molar-refractivity contribution in [3.63, 3.8) is 0 Å². The Morgan fingerprint density at radius 2 is 1.90 bits per heavy atom. The molecule has 1 rings (SSSR count). The number of sulfonamides is 1. The van der Waals surface area contributed by atoms with Gasteiger partial charge in [-0.2, -0.15) is 9.82 Å². The maximum Gasteiger partial charge on any atom is 0.342 e. The van der Waals surface area contributed by atoms with Crippen LogP contribution in [0.15, 0.2) is 11.2 Å². The summed E-state index contributed by atoms with van der Waals surface area (Å²) < 4.78 is 36.8. The Morgan fingerprint density at radius 1 is 1.29 bits per heavy atom. The zero-order valence-corrected chi connectivity index (χ0v) is 12.8. The molecule has 0 aliphatic heterocycles. The first-order valence-corrected chi connectivity index (χ1v) is 7.66. The normalized spacial score (nSPS) is 11.2. The van der Waals surface area contributed by atoms with E-state index in [0.29, 0.717) is 0 Å². The van der Waals surface area contributed by atoms with Gasteiger partial charge < -0.3 is 9.47 Å². The number of aromatic nitrogens is 2. The monoisotopic (exact) mass is 319 g/mol. The Kier molecular flexibility index (Phi) is 5.85. The summed E-state index contributed by atoms with van der Waals surface area (Å²) in [6.45, 7) is 2.90. The zero-order valence-electron chi connectivity index (χ0n) is 12.0. The zero-order chi connectivity index (χ0) is 16.0. The number of nitrogens with zero attached hydrogens (tertiary/aromatic N) is 2. The van der Waals surface area contributed by atoms with Gasteiger partial charge in [0, 0.05) is 7.05 Å². The summed E-state index contributed by atoms with van der Waals surface area (Å²) in [6.07, 6.45) is 1.09. The van der Waals surface area contributed by atoms with Crippen LogP contribution in [0.2, 0.25) is 0 Å². The van der Waals surface area contributed by atoms with Gasteiger partial charge >= 0.3 is 11.9 Å². The Bertz CT molecular complexity index is 622. The molecule has 21 heavy (non-hydrogen) atoms. The molecule has 0 atom stereocenters. The summed E-state index contributed by atoms with van der Waals surface area (Å²) in [5.74, 6) is -1.52. The molecule has 0 spiro atoms. The topological polar surface area (TPSA) is 117 Å². The predicted octanol–water partition coefficient (Wildman–Crippen LogP) is -0.562. The molecule has 0 amide bonds. The van der Waals surface area contributed by atoms with Gasteiger partial charge in [-0.1, -0.05) is 0 Å². The van der Waals surface area contributed by atoms with E-state index >= 15 is 0 Å². The fourth-order valence-corrected chi connectivity index (χ4v) is 2.79. The molecule has 0 bridgehead atoms. The van der Waals surface area contributed by atoms with E-state index in [1.54, 1.807) is 13.8 Å². The number of nitrogens with one attached hydrogen (secondary N) is 1. The van der Waals surface area contributed by atoms with Gasteiger partial charge in [-0.05, 0) is 13.8 Å². The van der Waals surface area contributed by atoms with Crippen molar-refractivity contribution in [2.45, 2.75) is 18.9 Å². The third kappa shape index (κ3) is 4.26. The highest BCUT2D eigenvalue weighted by Gasteiger charge is 2.28. The van der Waals surface area contributed by atoms with Crippen molar-refractivity contribution < 1.29 is 27.5 Å². The molecule has 1 heterocycles. The first-order chi connectivity index (χ1) is 9.83. The van der Waals surface area contributed by atoms with Gasteiger partial charge in [0.15, 0.2) is 5.03 Å². The standard InChI is InChI=1S/C11H17N3O6S/c1-4-19-9(15)7-13-21(17,18)10-8(6-12-14(10)3)11(16)20-5-2/h6,13H,4-5,7H2,1-3H3. The van der Waals surface area contributed by atoms with Crippen LogP contribution in [-0.2, 0) is 31.3 Å². The molecule has 0 saturated carbocycles. The van der Waals surface area contributed by atoms with Crippen LogP contribution in [0.3, 0.4) is 0 Å². The molecular formula is C11H17N3O6S. The summed E-state index contributed by atoms with van der Waals surface area (Å²) in [7, 11) is -2.74. The molecule has 0 aliphatic rings. The minimum Gasteiger partial charge on any atom is -0.465 e. The van der Waals surface area contributed by atoms with E-state index in [9.17, 15) is 18.0 Å². The lowest BCUT2D eigenvalue weighted by Gasteiger charge is -2.08. The lowest BCUT2D eigenvalue weighted by Crippen LogP contribution is -2.33. The summed E-state index contributed by atoms with van der Waals surface area (Å²) in [4.78, 5) is 22.9. The molecule has 1 N–H and O–H groups in total. The van der Waals surface area contributed by atoms with Gasteiger partial charge in [-0.3, -0.25) is 9.48 Å². The van der Waals surface area contributed by atoms with Gasteiger partial charge in [-0.15, -0.1) is 0 Å². The first kappa shape index (κ1) is 17.1. The van der Waals surface area contributed by atoms with Gasteiger partial charge in [0.2, 0.25) is 0 Å². The van der Waals surface area contributed by atoms with Crippen LogP contribution in [0, 0.1) is 0 Å². The Balaban J connectivity index is 3.00. The number of esters is 2. The van der Waals surface area contributed by atoms with Gasteiger partial charge in [0.05, 0.1) is 19.4 Å². The number of hydrogen-bond acceptors (Lipinski definition) is 7. The lowest BCUT2D eigenvalue weighted by molar-refractivity contribution is -0.141. The minimum absolute atomic E-state index is 0.101. The second-order valence-electron chi connectivity index (χ2n) is 3.84. The minimum atomic E-state index is -4.11. The summed E-state index contributed by atoms with van der Waals surface area (Å²) in [6, 6.07) is 0. The van der Waals surface area contributed by atoms with E-state index < -0.39 is 28.5 Å². The maximum absolute atomic E-state index is 12.2. The van der Waals surface area contributed by atoms with Crippen LogP contribution in [0.5, 0.6) is 0 Å². The van der Waals surface area contributed by atoms with Crippen molar-refractivity contribution in [2.75, 3.05) is 19.8 Å². The third-order valence-corrected chi connectivity index (χ3v) is 3.86. The maximum atomic E-state index is 12.2. The van der Waals surface area contributed by atoms with Crippen molar-refractivity contribution in [3.05, 3.63) is 11.8 Å². The molecule has 0 unspecified atom stereocenters. The quantitative estimate of drug-likeness (QED) is 0.669. The van der Waals surface area contributed by atoms with Crippen LogP contribution >= 0.6 is 0 Å². The van der Waals surface area contributed by atoms with Crippen LogP contribution in [0.1, 0.15) is 24.2 Å². The highest BCUT2D eigenvalue weighted by atomic mass is 32.2. The summed E-state index contributed by atoms with van der Waals surface area (Å²) in [5, 5.41) is 3.36. The average Bonchev–Trinajstić information content (AvgIpc) is 2.80. The van der Waals surface area contributed by atoms with E-state index in [1.807, 2.05) is 0 Å². The Labute approximate surface area is 122 Å². The third-order valence-electron chi connectivity index (χ3n) is 2.35. The second kappa shape index (κ2) is 7.18. The van der Waals surface area contributed by atoms with Crippen LogP contribution < -0.4 is 4.72 Å². The highest BCUT2D eigenvalue weighted by Crippen LogP contribution is 2.15. The molecular weight excluding hydrogens is 302 g/mol. The molecule has 0 saturated heterocycles. The van der Waals surface area contributed by atoms with Crippen LogP contribution in [0.4, 0.5) is 0 Å². The molecule has 0 fully saturated rings. The molecule has 0 aromatic carbocycles. The van der Waals surface area contributed by atoms with Crippen molar-refractivity contribution in [1.29, 1.82) is 0 Å². The average molecular weight is 319 g/mol. The number of hydrogen-bond donors (Lipinski definition) is 1. The van der Waals surface area contributed by atoms with Crippen molar-refractivity contribution in [2.24, 2.45) is 7.05 Å². The molecule has 1 aromatic rings. The lowest BCUT2D eigenvalue weighted by atomic mass is 10.4. The highest BCUT2D eigenvalue weighted by molar-refractivity contribution is 7.89. The second-order valence-corrected chi connectivity index (χ2v) is 5.52. The molecule has 118 valence electrons. The van der Waals surface area contributed by atoms with Gasteiger partial charge in [0.25, 0.3) is 10.0 Å².